The van der Waals surface area contributed by atoms with Gasteiger partial charge in [-0.15, -0.1) is 0 Å². The van der Waals surface area contributed by atoms with Crippen LogP contribution in [0.25, 0.3) is 5.65 Å². The molecule has 3 amide bonds. The molecule has 200 valence electrons. The molecule has 0 bridgehead atoms. The van der Waals surface area contributed by atoms with Crippen LogP contribution in [0.3, 0.4) is 0 Å². The fourth-order valence-electron chi connectivity index (χ4n) is 4.32. The first kappa shape index (κ1) is 26.4. The van der Waals surface area contributed by atoms with E-state index >= 15 is 0 Å². The molecule has 0 atom stereocenters. The predicted molar refractivity (Wildman–Crippen MR) is 129 cm³/mol. The predicted octanol–water partition coefficient (Wildman–Crippen LogP) is 3.49. The SMILES string of the molecule is Cc1nonc1C(=O)NCc1cn2ncc(CN3CC(C)(C)CNC3=O)cc2n1.FC1(F)CCCCC1. The van der Waals surface area contributed by atoms with Gasteiger partial charge in [-0.1, -0.05) is 25.4 Å². The smallest absolute Gasteiger partial charge is 0.317 e. The number of nitrogens with zero attached hydrogens (tertiary/aromatic N) is 6. The van der Waals surface area contributed by atoms with Gasteiger partial charge in [0, 0.05) is 32.5 Å². The number of carbonyl (C=O) groups excluding carboxylic acids is 2. The van der Waals surface area contributed by atoms with Gasteiger partial charge >= 0.3 is 6.03 Å². The summed E-state index contributed by atoms with van der Waals surface area (Å²) in [6, 6.07) is 1.81. The molecule has 0 unspecified atom stereocenters. The molecule has 37 heavy (non-hydrogen) atoms. The quantitative estimate of drug-likeness (QED) is 0.529. The molecule has 2 aliphatic rings. The highest BCUT2D eigenvalue weighted by atomic mass is 19.3. The summed E-state index contributed by atoms with van der Waals surface area (Å²) in [5.41, 5.74) is 2.76. The first-order chi connectivity index (χ1) is 17.5. The minimum atomic E-state index is -2.32. The van der Waals surface area contributed by atoms with Crippen LogP contribution in [0.4, 0.5) is 13.6 Å². The van der Waals surface area contributed by atoms with E-state index in [1.807, 2.05) is 6.07 Å². The molecule has 1 aliphatic carbocycles. The largest absolute Gasteiger partial charge is 0.345 e. The average molecular weight is 519 g/mol. The van der Waals surface area contributed by atoms with Crippen LogP contribution in [0.5, 0.6) is 0 Å². The first-order valence-corrected chi connectivity index (χ1v) is 12.3. The minimum Gasteiger partial charge on any atom is -0.345 e. The summed E-state index contributed by atoms with van der Waals surface area (Å²) < 4.78 is 30.6. The molecule has 0 spiro atoms. The van der Waals surface area contributed by atoms with Gasteiger partial charge in [0.15, 0.2) is 11.3 Å². The highest BCUT2D eigenvalue weighted by Crippen LogP contribution is 2.32. The molecule has 11 nitrogen and oxygen atoms in total. The third kappa shape index (κ3) is 6.98. The van der Waals surface area contributed by atoms with Crippen molar-refractivity contribution in [1.82, 2.24) is 40.4 Å². The number of imidazole rings is 1. The average Bonchev–Trinajstić information content (AvgIpc) is 3.45. The topological polar surface area (TPSA) is 131 Å². The van der Waals surface area contributed by atoms with E-state index < -0.39 is 5.92 Å². The number of alkyl halides is 2. The van der Waals surface area contributed by atoms with E-state index in [0.29, 0.717) is 49.5 Å². The summed E-state index contributed by atoms with van der Waals surface area (Å²) in [4.78, 5) is 30.5. The molecule has 3 aromatic heterocycles. The summed E-state index contributed by atoms with van der Waals surface area (Å²) in [6.45, 7) is 7.89. The van der Waals surface area contributed by atoms with Gasteiger partial charge in [0.25, 0.3) is 5.91 Å². The van der Waals surface area contributed by atoms with Crippen molar-refractivity contribution in [3.63, 3.8) is 0 Å². The van der Waals surface area contributed by atoms with Crippen LogP contribution in [-0.4, -0.2) is 60.8 Å². The van der Waals surface area contributed by atoms with Gasteiger partial charge in [-0.3, -0.25) is 4.79 Å². The number of fused-ring (bicyclic) bond motifs is 1. The summed E-state index contributed by atoms with van der Waals surface area (Å²) in [5.74, 6) is -2.70. The Balaban J connectivity index is 0.000000342. The Labute approximate surface area is 212 Å². The van der Waals surface area contributed by atoms with Crippen molar-refractivity contribution in [2.24, 2.45) is 5.41 Å². The van der Waals surface area contributed by atoms with E-state index in [4.69, 9.17) is 0 Å². The van der Waals surface area contributed by atoms with Crippen LogP contribution >= 0.6 is 0 Å². The number of aryl methyl sites for hydroxylation is 1. The second-order valence-corrected chi connectivity index (χ2v) is 10.4. The van der Waals surface area contributed by atoms with Crippen LogP contribution in [0.15, 0.2) is 23.1 Å². The van der Waals surface area contributed by atoms with Crippen molar-refractivity contribution in [3.8, 4) is 0 Å². The Bertz CT molecular complexity index is 1250. The summed E-state index contributed by atoms with van der Waals surface area (Å²) >= 11 is 0. The number of aromatic nitrogens is 5. The Hall–Kier alpha value is -3.64. The van der Waals surface area contributed by atoms with Gasteiger partial charge in [0.1, 0.15) is 5.69 Å². The fraction of sp³-hybridized carbons (Fsp3) is 0.583. The molecule has 13 heteroatoms. The molecule has 0 aromatic carbocycles. The number of hydrogen-bond acceptors (Lipinski definition) is 7. The molecule has 0 radical (unpaired) electrons. The number of halogens is 2. The molecule has 2 fully saturated rings. The standard InChI is InChI=1S/C18H22N8O3.C6H10F2/c1-11-15(24-29-23-11)16(27)19-6-13-8-26-14(22-13)4-12(5-21-26)7-25-10-18(2,3)9-20-17(25)28;7-6(8)4-2-1-3-5-6/h4-5,8H,6-7,9-10H2,1-3H3,(H,19,27)(H,20,28);1-5H2. The Kier molecular flexibility index (Phi) is 7.69. The maximum atomic E-state index is 12.2. The third-order valence-corrected chi connectivity index (χ3v) is 6.31. The number of amides is 3. The normalized spacial score (nSPS) is 18.6. The summed E-state index contributed by atoms with van der Waals surface area (Å²) in [7, 11) is 0. The molecule has 2 N–H and O–H groups in total. The van der Waals surface area contributed by atoms with Gasteiger partial charge in [-0.25, -0.2) is 27.7 Å². The lowest BCUT2D eigenvalue weighted by Gasteiger charge is -2.38. The number of hydrogen-bond donors (Lipinski definition) is 2. The van der Waals surface area contributed by atoms with Gasteiger partial charge in [-0.2, -0.15) is 5.10 Å². The van der Waals surface area contributed by atoms with Gasteiger partial charge in [0.05, 0.1) is 24.6 Å². The maximum Gasteiger partial charge on any atom is 0.317 e. The lowest BCUT2D eigenvalue weighted by Crippen LogP contribution is -2.54. The van der Waals surface area contributed by atoms with Crippen molar-refractivity contribution >= 4 is 17.6 Å². The Morgan fingerprint density at radius 1 is 1.22 bits per heavy atom. The zero-order valence-electron chi connectivity index (χ0n) is 21.3. The van der Waals surface area contributed by atoms with Gasteiger partial charge in [-0.05, 0) is 42.0 Å². The molecular formula is C24H32F2N8O3. The lowest BCUT2D eigenvalue weighted by molar-refractivity contribution is -0.0337. The van der Waals surface area contributed by atoms with Crippen LogP contribution in [0.2, 0.25) is 0 Å². The number of urea groups is 1. The molecule has 4 heterocycles. The minimum absolute atomic E-state index is 0.0157. The highest BCUT2D eigenvalue weighted by Gasteiger charge is 2.31. The Morgan fingerprint density at radius 3 is 2.62 bits per heavy atom. The fourth-order valence-corrected chi connectivity index (χ4v) is 4.32. The summed E-state index contributed by atoms with van der Waals surface area (Å²) in [6.07, 6.45) is 6.12. The van der Waals surface area contributed by atoms with E-state index in [9.17, 15) is 18.4 Å². The van der Waals surface area contributed by atoms with Crippen LogP contribution in [0, 0.1) is 12.3 Å². The van der Waals surface area contributed by atoms with Gasteiger partial charge in [0.2, 0.25) is 5.92 Å². The Morgan fingerprint density at radius 2 is 1.97 bits per heavy atom. The molecule has 3 aromatic rings. The summed E-state index contributed by atoms with van der Waals surface area (Å²) in [5, 5.41) is 17.2. The van der Waals surface area contributed by atoms with Crippen molar-refractivity contribution in [2.45, 2.75) is 71.9 Å². The van der Waals surface area contributed by atoms with E-state index in [-0.39, 0.29) is 42.4 Å². The van der Waals surface area contributed by atoms with E-state index in [1.54, 1.807) is 28.7 Å². The van der Waals surface area contributed by atoms with E-state index in [2.05, 4.69) is 49.5 Å². The van der Waals surface area contributed by atoms with Crippen LogP contribution < -0.4 is 10.6 Å². The number of rotatable bonds is 5. The monoisotopic (exact) mass is 518 g/mol. The van der Waals surface area contributed by atoms with Gasteiger partial charge < -0.3 is 15.5 Å². The number of nitrogens with one attached hydrogen (secondary N) is 2. The van der Waals surface area contributed by atoms with Crippen molar-refractivity contribution < 1.29 is 23.0 Å². The van der Waals surface area contributed by atoms with E-state index in [1.165, 1.54) is 0 Å². The zero-order valence-corrected chi connectivity index (χ0v) is 21.3. The number of carbonyl (C=O) groups is 2. The molecular weight excluding hydrogens is 486 g/mol. The first-order valence-electron chi connectivity index (χ1n) is 12.3. The molecule has 5 rings (SSSR count). The maximum absolute atomic E-state index is 12.2. The molecule has 1 saturated heterocycles. The van der Waals surface area contributed by atoms with E-state index in [0.717, 1.165) is 12.0 Å². The molecule has 1 saturated carbocycles. The third-order valence-electron chi connectivity index (χ3n) is 6.31. The highest BCUT2D eigenvalue weighted by molar-refractivity contribution is 5.92. The van der Waals surface area contributed by atoms with Crippen LogP contribution in [0.1, 0.15) is 73.4 Å². The van der Waals surface area contributed by atoms with Crippen molar-refractivity contribution in [2.75, 3.05) is 13.1 Å². The zero-order chi connectivity index (χ0) is 26.6. The second kappa shape index (κ2) is 10.8. The lowest BCUT2D eigenvalue weighted by atomic mass is 9.91. The van der Waals surface area contributed by atoms with Crippen molar-refractivity contribution in [1.29, 1.82) is 0 Å². The van der Waals surface area contributed by atoms with Crippen molar-refractivity contribution in [3.05, 3.63) is 41.1 Å². The van der Waals surface area contributed by atoms with Crippen LogP contribution in [-0.2, 0) is 13.1 Å². The second-order valence-electron chi connectivity index (χ2n) is 10.4. The molecule has 1 aliphatic heterocycles.